The first kappa shape index (κ1) is 18.0. The average Bonchev–Trinajstić information content (AvgIpc) is 3.03. The van der Waals surface area contributed by atoms with Crippen LogP contribution in [0.4, 0.5) is 5.69 Å². The topological polar surface area (TPSA) is 98.0 Å². The highest BCUT2D eigenvalue weighted by Crippen LogP contribution is 2.48. The predicted octanol–water partition coefficient (Wildman–Crippen LogP) is 2.46. The van der Waals surface area contributed by atoms with Crippen molar-refractivity contribution in [2.75, 3.05) is 5.32 Å². The monoisotopic (exact) mass is 358 g/mol. The van der Waals surface area contributed by atoms with Crippen LogP contribution >= 0.6 is 25.3 Å². The molecule has 2 aromatic heterocycles. The largest absolute Gasteiger partial charge is 0.368 e. The minimum Gasteiger partial charge on any atom is -0.368 e. The van der Waals surface area contributed by atoms with E-state index in [1.165, 1.54) is 0 Å². The molecule has 0 bridgehead atoms. The van der Waals surface area contributed by atoms with Crippen LogP contribution in [0.1, 0.15) is 12.1 Å². The number of nitrogens with two attached hydrogens (primary N) is 1. The number of primary amides is 1. The summed E-state index contributed by atoms with van der Waals surface area (Å²) >= 11 is 1.14. The van der Waals surface area contributed by atoms with Crippen molar-refractivity contribution in [3.8, 4) is 0 Å². The molecule has 0 aromatic carbocycles. The molecule has 2 radical (unpaired) electrons. The minimum atomic E-state index is -1.04. The van der Waals surface area contributed by atoms with Crippen LogP contribution in [0.5, 0.6) is 0 Å². The van der Waals surface area contributed by atoms with Gasteiger partial charge in [-0.15, -0.1) is 0 Å². The molecule has 0 fully saturated rings. The zero-order valence-corrected chi connectivity index (χ0v) is 14.1. The number of nitrogens with one attached hydrogen (secondary N) is 1. The maximum Gasteiger partial charge on any atom is 0.261 e. The van der Waals surface area contributed by atoms with Crippen LogP contribution in [0.2, 0.25) is 0 Å². The van der Waals surface area contributed by atoms with Gasteiger partial charge in [0.25, 0.3) is 5.91 Å². The van der Waals surface area contributed by atoms with Crippen LogP contribution in [0.15, 0.2) is 59.9 Å². The third-order valence-corrected chi connectivity index (χ3v) is 4.98. The molecule has 1 aliphatic rings. The summed E-state index contributed by atoms with van der Waals surface area (Å²) in [6.07, 6.45) is 6.83. The fraction of sp³-hybridized carbons (Fsp3) is 0.125. The zero-order chi connectivity index (χ0) is 16.3. The molecule has 2 amide bonds. The summed E-state index contributed by atoms with van der Waals surface area (Å²) < 4.78 is -1.04. The predicted molar refractivity (Wildman–Crippen MR) is 95.9 cm³/mol. The molecule has 0 spiro atoms. The van der Waals surface area contributed by atoms with Crippen molar-refractivity contribution < 1.29 is 9.59 Å². The first-order valence-corrected chi connectivity index (χ1v) is 7.75. The fourth-order valence-electron chi connectivity index (χ4n) is 2.31. The Balaban J connectivity index is 0.00000208. The lowest BCUT2D eigenvalue weighted by Gasteiger charge is -2.24. The number of aromatic nitrogens is 2. The van der Waals surface area contributed by atoms with E-state index in [4.69, 9.17) is 5.73 Å². The van der Waals surface area contributed by atoms with Gasteiger partial charge in [-0.25, -0.2) is 0 Å². The highest BCUT2D eigenvalue weighted by molar-refractivity contribution is 8.05. The molecule has 3 N–H and O–H groups in total. The Labute approximate surface area is 150 Å². The molecule has 0 saturated carbocycles. The highest BCUT2D eigenvalue weighted by atomic mass is 32.2. The van der Waals surface area contributed by atoms with E-state index in [1.54, 1.807) is 55.0 Å². The summed E-state index contributed by atoms with van der Waals surface area (Å²) in [4.78, 5) is 33.0. The summed E-state index contributed by atoms with van der Waals surface area (Å²) in [5.74, 6) is -0.802. The van der Waals surface area contributed by atoms with Gasteiger partial charge in [-0.3, -0.25) is 19.6 Å². The number of carbonyl (C=O) groups is 2. The summed E-state index contributed by atoms with van der Waals surface area (Å²) in [6.45, 7) is 0. The van der Waals surface area contributed by atoms with Crippen molar-refractivity contribution in [1.29, 1.82) is 0 Å². The second-order valence-electron chi connectivity index (χ2n) is 4.98. The van der Waals surface area contributed by atoms with Crippen molar-refractivity contribution in [3.63, 3.8) is 0 Å². The number of allylic oxidation sites excluding steroid dienone is 1. The van der Waals surface area contributed by atoms with Gasteiger partial charge in [-0.1, -0.05) is 23.9 Å². The second kappa shape index (κ2) is 7.50. The molecule has 3 rings (SSSR count). The number of hydrogen-bond acceptors (Lipinski definition) is 5. The summed E-state index contributed by atoms with van der Waals surface area (Å²) in [7, 11) is 0. The Kier molecular flexibility index (Phi) is 5.63. The molecular weight excluding hydrogens is 344 g/mol. The number of nitrogens with zero attached hydrogens (tertiary/aromatic N) is 2. The maximum atomic E-state index is 12.4. The number of anilines is 1. The Bertz CT molecular complexity index is 768. The van der Waals surface area contributed by atoms with E-state index < -0.39 is 10.7 Å². The lowest BCUT2D eigenvalue weighted by Crippen LogP contribution is -2.37. The van der Waals surface area contributed by atoms with Crippen molar-refractivity contribution >= 4 is 42.8 Å². The standard InChI is InChI=1S/C16H14N4O2S.S/c17-15(22)16(13-5-1-2-9-19-13)7-6-12(23-16)14(21)20-11-4-3-8-18-10-11;/h1-6,8-10H,7H2,(H2,17,22)(H,20,21);. The van der Waals surface area contributed by atoms with Crippen LogP contribution in [0.25, 0.3) is 0 Å². The Morgan fingerprint density at radius 1 is 1.21 bits per heavy atom. The Hall–Kier alpha value is -2.32. The van der Waals surface area contributed by atoms with Gasteiger partial charge >= 0.3 is 0 Å². The third kappa shape index (κ3) is 3.44. The van der Waals surface area contributed by atoms with Crippen LogP contribution in [-0.4, -0.2) is 21.8 Å². The van der Waals surface area contributed by atoms with Gasteiger partial charge in [0.05, 0.1) is 22.5 Å². The van der Waals surface area contributed by atoms with Crippen molar-refractivity contribution in [2.45, 2.75) is 11.2 Å². The van der Waals surface area contributed by atoms with E-state index in [0.717, 1.165) is 11.8 Å². The van der Waals surface area contributed by atoms with E-state index in [9.17, 15) is 9.59 Å². The summed E-state index contributed by atoms with van der Waals surface area (Å²) in [5, 5.41) is 2.75. The number of pyridine rings is 2. The molecule has 0 aliphatic carbocycles. The number of hydrogen-bond donors (Lipinski definition) is 2. The molecule has 122 valence electrons. The summed E-state index contributed by atoms with van der Waals surface area (Å²) in [6, 6.07) is 8.77. The normalized spacial score (nSPS) is 19.1. The van der Waals surface area contributed by atoms with Gasteiger partial charge in [0.2, 0.25) is 5.91 Å². The number of rotatable bonds is 4. The van der Waals surface area contributed by atoms with Gasteiger partial charge in [0.15, 0.2) is 0 Å². The van der Waals surface area contributed by atoms with Crippen molar-refractivity contribution in [3.05, 3.63) is 65.6 Å². The molecule has 8 heteroatoms. The Morgan fingerprint density at radius 2 is 2.04 bits per heavy atom. The molecule has 1 unspecified atom stereocenters. The highest BCUT2D eigenvalue weighted by Gasteiger charge is 2.45. The third-order valence-electron chi connectivity index (χ3n) is 3.48. The van der Waals surface area contributed by atoms with Gasteiger partial charge in [0, 0.05) is 25.9 Å². The summed E-state index contributed by atoms with van der Waals surface area (Å²) in [5.41, 5.74) is 6.75. The van der Waals surface area contributed by atoms with E-state index >= 15 is 0 Å². The fourth-order valence-corrected chi connectivity index (χ4v) is 3.49. The van der Waals surface area contributed by atoms with E-state index in [1.807, 2.05) is 0 Å². The second-order valence-corrected chi connectivity index (χ2v) is 6.32. The van der Waals surface area contributed by atoms with Gasteiger partial charge in [-0.2, -0.15) is 0 Å². The first-order chi connectivity index (χ1) is 11.1. The van der Waals surface area contributed by atoms with Crippen molar-refractivity contribution in [1.82, 2.24) is 9.97 Å². The lowest BCUT2D eigenvalue weighted by molar-refractivity contribution is -0.120. The van der Waals surface area contributed by atoms with Crippen LogP contribution in [0.3, 0.4) is 0 Å². The van der Waals surface area contributed by atoms with E-state index in [-0.39, 0.29) is 19.4 Å². The first-order valence-electron chi connectivity index (χ1n) is 6.94. The molecular formula is C16H14N4O2S2. The van der Waals surface area contributed by atoms with Crippen LogP contribution < -0.4 is 11.1 Å². The number of carbonyl (C=O) groups excluding carboxylic acids is 2. The molecule has 1 atom stereocenters. The van der Waals surface area contributed by atoms with Gasteiger partial charge in [0.1, 0.15) is 4.75 Å². The molecule has 6 nitrogen and oxygen atoms in total. The van der Waals surface area contributed by atoms with Crippen LogP contribution in [-0.2, 0) is 14.3 Å². The van der Waals surface area contributed by atoms with Gasteiger partial charge < -0.3 is 11.1 Å². The smallest absolute Gasteiger partial charge is 0.261 e. The Morgan fingerprint density at radius 3 is 2.67 bits per heavy atom. The number of amides is 2. The number of thioether (sulfide) groups is 1. The quantitative estimate of drug-likeness (QED) is 0.875. The molecule has 0 saturated heterocycles. The molecule has 1 aliphatic heterocycles. The van der Waals surface area contributed by atoms with Crippen molar-refractivity contribution in [2.24, 2.45) is 5.73 Å². The molecule has 3 heterocycles. The minimum absolute atomic E-state index is 0. The van der Waals surface area contributed by atoms with Gasteiger partial charge in [-0.05, 0) is 30.7 Å². The van der Waals surface area contributed by atoms with E-state index in [0.29, 0.717) is 22.7 Å². The van der Waals surface area contributed by atoms with Crippen LogP contribution in [0, 0.1) is 0 Å². The maximum absolute atomic E-state index is 12.4. The SMILES string of the molecule is NC(=O)C1(c2ccccn2)CC=C(C(=O)Nc2cccnc2)S1.[S]. The van der Waals surface area contributed by atoms with E-state index in [2.05, 4.69) is 15.3 Å². The zero-order valence-electron chi connectivity index (χ0n) is 12.5. The molecule has 24 heavy (non-hydrogen) atoms. The molecule has 2 aromatic rings. The average molecular weight is 358 g/mol. The lowest BCUT2D eigenvalue weighted by atomic mass is 9.99.